The van der Waals surface area contributed by atoms with Crippen molar-refractivity contribution in [1.29, 1.82) is 0 Å². The minimum atomic E-state index is -0.680. The van der Waals surface area contributed by atoms with E-state index < -0.39 is 11.9 Å². The lowest BCUT2D eigenvalue weighted by atomic mass is 10.1. The number of carbonyl (C=O) groups is 4. The molecule has 2 heterocycles. The molecule has 7 nitrogen and oxygen atoms in total. The lowest BCUT2D eigenvalue weighted by Crippen LogP contribution is -2.54. The van der Waals surface area contributed by atoms with Gasteiger partial charge in [-0.05, 0) is 6.42 Å². The van der Waals surface area contributed by atoms with Gasteiger partial charge in [-0.25, -0.2) is 0 Å². The van der Waals surface area contributed by atoms with Crippen LogP contribution in [-0.2, 0) is 19.2 Å². The summed E-state index contributed by atoms with van der Waals surface area (Å²) in [7, 11) is 0. The highest BCUT2D eigenvalue weighted by Crippen LogP contribution is 2.14. The third-order valence-electron chi connectivity index (χ3n) is 2.73. The van der Waals surface area contributed by atoms with Gasteiger partial charge in [0.05, 0.1) is 11.6 Å². The van der Waals surface area contributed by atoms with Gasteiger partial charge in [0, 0.05) is 6.42 Å². The molecule has 2 rings (SSSR count). The van der Waals surface area contributed by atoms with Gasteiger partial charge in [-0.2, -0.15) is 0 Å². The second kappa shape index (κ2) is 5.38. The summed E-state index contributed by atoms with van der Waals surface area (Å²) in [6.07, 6.45) is 0.522. The molecule has 8 heteroatoms. The third kappa shape index (κ3) is 3.00. The van der Waals surface area contributed by atoms with Gasteiger partial charge in [0.2, 0.25) is 23.6 Å². The quantitative estimate of drug-likeness (QED) is 0.605. The predicted octanol–water partition coefficient (Wildman–Crippen LogP) is -1.56. The topological polar surface area (TPSA) is 95.6 Å². The monoisotopic (exact) mass is 271 g/mol. The Morgan fingerprint density at radius 3 is 2.83 bits per heavy atom. The van der Waals surface area contributed by atoms with Gasteiger partial charge >= 0.3 is 0 Å². The van der Waals surface area contributed by atoms with E-state index in [-0.39, 0.29) is 30.7 Å². The molecule has 2 N–H and O–H groups in total. The summed E-state index contributed by atoms with van der Waals surface area (Å²) in [6.45, 7) is -0.0381. The molecule has 1 unspecified atom stereocenters. The van der Waals surface area contributed by atoms with Crippen LogP contribution in [0.3, 0.4) is 0 Å². The number of amides is 4. The van der Waals surface area contributed by atoms with Crippen molar-refractivity contribution in [2.75, 3.05) is 18.2 Å². The van der Waals surface area contributed by atoms with Crippen LogP contribution in [0.15, 0.2) is 0 Å². The minimum Gasteiger partial charge on any atom is -0.343 e. The Morgan fingerprint density at radius 1 is 1.44 bits per heavy atom. The van der Waals surface area contributed by atoms with Gasteiger partial charge in [0.15, 0.2) is 0 Å². The molecule has 18 heavy (non-hydrogen) atoms. The van der Waals surface area contributed by atoms with E-state index in [1.54, 1.807) is 0 Å². The van der Waals surface area contributed by atoms with E-state index in [2.05, 4.69) is 10.6 Å². The van der Waals surface area contributed by atoms with Crippen LogP contribution in [-0.4, -0.2) is 52.7 Å². The fourth-order valence-corrected chi connectivity index (χ4v) is 2.69. The van der Waals surface area contributed by atoms with Crippen LogP contribution < -0.4 is 10.6 Å². The molecular formula is C10H13N3O4S. The van der Waals surface area contributed by atoms with Crippen LogP contribution in [0.25, 0.3) is 0 Å². The number of carbonyl (C=O) groups excluding carboxylic acids is 4. The number of nitrogens with zero attached hydrogens (tertiary/aromatic N) is 1. The average molecular weight is 271 g/mol. The molecule has 2 saturated heterocycles. The van der Waals surface area contributed by atoms with Crippen molar-refractivity contribution in [2.45, 2.75) is 18.9 Å². The molecule has 0 saturated carbocycles. The highest BCUT2D eigenvalue weighted by Gasteiger charge is 2.29. The van der Waals surface area contributed by atoms with Crippen molar-refractivity contribution in [2.24, 2.45) is 0 Å². The summed E-state index contributed by atoms with van der Waals surface area (Å²) in [5.74, 6) is -0.357. The minimum absolute atomic E-state index is 0.0381. The molecule has 0 bridgehead atoms. The number of imide groups is 1. The zero-order valence-corrected chi connectivity index (χ0v) is 10.4. The van der Waals surface area contributed by atoms with Gasteiger partial charge in [-0.15, -0.1) is 11.8 Å². The van der Waals surface area contributed by atoms with Crippen molar-refractivity contribution >= 4 is 35.4 Å². The van der Waals surface area contributed by atoms with Crippen molar-refractivity contribution in [3.63, 3.8) is 0 Å². The fraction of sp³-hybridized carbons (Fsp3) is 0.600. The maximum atomic E-state index is 11.7. The smallest absolute Gasteiger partial charge is 0.249 e. The van der Waals surface area contributed by atoms with Crippen molar-refractivity contribution in [3.05, 3.63) is 0 Å². The van der Waals surface area contributed by atoms with E-state index in [1.807, 2.05) is 0 Å². The van der Waals surface area contributed by atoms with Crippen molar-refractivity contribution in [1.82, 2.24) is 15.5 Å². The molecule has 0 radical (unpaired) electrons. The van der Waals surface area contributed by atoms with Crippen LogP contribution in [0.4, 0.5) is 0 Å². The SMILES string of the molecule is O=C1CCC(NC(=O)CN2CSCC2=O)C(=O)N1. The number of piperidine rings is 1. The lowest BCUT2D eigenvalue weighted by molar-refractivity contribution is -0.138. The molecule has 0 aromatic rings. The molecule has 0 aromatic heterocycles. The molecule has 98 valence electrons. The molecular weight excluding hydrogens is 258 g/mol. The van der Waals surface area contributed by atoms with Crippen LogP contribution >= 0.6 is 11.8 Å². The van der Waals surface area contributed by atoms with Gasteiger partial charge < -0.3 is 10.2 Å². The van der Waals surface area contributed by atoms with E-state index in [1.165, 1.54) is 16.7 Å². The Bertz CT molecular complexity index is 412. The summed E-state index contributed by atoms with van der Waals surface area (Å²) in [4.78, 5) is 46.7. The van der Waals surface area contributed by atoms with E-state index in [0.29, 0.717) is 18.1 Å². The van der Waals surface area contributed by atoms with Crippen molar-refractivity contribution < 1.29 is 19.2 Å². The second-order valence-electron chi connectivity index (χ2n) is 4.14. The fourth-order valence-electron chi connectivity index (χ4n) is 1.78. The van der Waals surface area contributed by atoms with Crippen molar-refractivity contribution in [3.8, 4) is 0 Å². The van der Waals surface area contributed by atoms with Gasteiger partial charge in [-0.1, -0.05) is 0 Å². The molecule has 0 spiro atoms. The Morgan fingerprint density at radius 2 is 2.22 bits per heavy atom. The Balaban J connectivity index is 1.82. The molecule has 0 aliphatic carbocycles. The van der Waals surface area contributed by atoms with Crippen LogP contribution in [0.5, 0.6) is 0 Å². The summed E-state index contributed by atoms with van der Waals surface area (Å²) < 4.78 is 0. The first-order valence-electron chi connectivity index (χ1n) is 5.55. The second-order valence-corrected chi connectivity index (χ2v) is 5.10. The van der Waals surface area contributed by atoms with Gasteiger partial charge in [0.25, 0.3) is 0 Å². The highest BCUT2D eigenvalue weighted by atomic mass is 32.2. The third-order valence-corrected chi connectivity index (χ3v) is 3.68. The first-order chi connectivity index (χ1) is 8.56. The molecule has 4 amide bonds. The number of hydrogen-bond donors (Lipinski definition) is 2. The summed E-state index contributed by atoms with van der Waals surface area (Å²) >= 11 is 1.45. The zero-order valence-electron chi connectivity index (χ0n) is 9.60. The van der Waals surface area contributed by atoms with Crippen LogP contribution in [0.2, 0.25) is 0 Å². The Labute approximate surface area is 108 Å². The average Bonchev–Trinajstić information content (AvgIpc) is 2.69. The molecule has 2 aliphatic rings. The summed E-state index contributed by atoms with van der Waals surface area (Å²) in [6, 6.07) is -0.680. The number of thioether (sulfide) groups is 1. The van der Waals surface area contributed by atoms with Gasteiger partial charge in [-0.3, -0.25) is 24.5 Å². The first-order valence-corrected chi connectivity index (χ1v) is 6.70. The van der Waals surface area contributed by atoms with E-state index in [4.69, 9.17) is 0 Å². The Kier molecular flexibility index (Phi) is 3.85. The van der Waals surface area contributed by atoms with E-state index in [9.17, 15) is 19.2 Å². The number of rotatable bonds is 3. The lowest BCUT2D eigenvalue weighted by Gasteiger charge is -2.23. The van der Waals surface area contributed by atoms with Crippen LogP contribution in [0.1, 0.15) is 12.8 Å². The first kappa shape index (κ1) is 12.9. The maximum Gasteiger partial charge on any atom is 0.249 e. The standard InChI is InChI=1S/C10H13N3O4S/c14-7-2-1-6(10(17)12-7)11-8(15)3-13-5-18-4-9(13)16/h6H,1-5H2,(H,11,15)(H,12,14,17). The number of nitrogens with one attached hydrogen (secondary N) is 2. The zero-order chi connectivity index (χ0) is 13.1. The Hall–Kier alpha value is -1.57. The van der Waals surface area contributed by atoms with E-state index >= 15 is 0 Å². The van der Waals surface area contributed by atoms with Gasteiger partial charge in [0.1, 0.15) is 12.6 Å². The number of hydrogen-bond acceptors (Lipinski definition) is 5. The highest BCUT2D eigenvalue weighted by molar-refractivity contribution is 8.00. The maximum absolute atomic E-state index is 11.7. The summed E-state index contributed by atoms with van der Waals surface area (Å²) in [5.41, 5.74) is 0. The predicted molar refractivity (Wildman–Crippen MR) is 63.4 cm³/mol. The molecule has 1 atom stereocenters. The van der Waals surface area contributed by atoms with Crippen LogP contribution in [0, 0.1) is 0 Å². The summed E-state index contributed by atoms with van der Waals surface area (Å²) in [5, 5.41) is 4.69. The normalized spacial score (nSPS) is 24.1. The molecule has 2 aliphatic heterocycles. The molecule has 0 aromatic carbocycles. The van der Waals surface area contributed by atoms with E-state index in [0.717, 1.165) is 0 Å². The molecule has 2 fully saturated rings. The largest absolute Gasteiger partial charge is 0.343 e.